The molecule has 0 amide bonds. The molecule has 1 aliphatic rings. The van der Waals surface area contributed by atoms with E-state index in [-0.39, 0.29) is 0 Å². The highest BCUT2D eigenvalue weighted by Gasteiger charge is 2.16. The van der Waals surface area contributed by atoms with Crippen LogP contribution in [0.25, 0.3) is 0 Å². The molecule has 1 atom stereocenters. The second kappa shape index (κ2) is 3.21. The van der Waals surface area contributed by atoms with Gasteiger partial charge in [0.15, 0.2) is 0 Å². The summed E-state index contributed by atoms with van der Waals surface area (Å²) < 4.78 is 0. The van der Waals surface area contributed by atoms with Crippen molar-refractivity contribution in [1.29, 1.82) is 0 Å². The van der Waals surface area contributed by atoms with Crippen molar-refractivity contribution in [2.75, 3.05) is 19.6 Å². The second-order valence-electron chi connectivity index (χ2n) is 3.19. The van der Waals surface area contributed by atoms with Crippen molar-refractivity contribution in [3.8, 4) is 0 Å². The molecule has 9 heavy (non-hydrogen) atoms. The standard InChI is InChI=1S/C8H17N/c1-3-5-9-6-4-8(2)7-9/h8H,3-7H2,1-2H3. The van der Waals surface area contributed by atoms with Gasteiger partial charge in [0, 0.05) is 6.54 Å². The molecule has 0 aromatic rings. The first-order valence-electron chi connectivity index (χ1n) is 4.05. The van der Waals surface area contributed by atoms with Crippen LogP contribution >= 0.6 is 0 Å². The smallest absolute Gasteiger partial charge is 0.000749 e. The zero-order valence-corrected chi connectivity index (χ0v) is 6.56. The van der Waals surface area contributed by atoms with Gasteiger partial charge in [-0.3, -0.25) is 0 Å². The highest BCUT2D eigenvalue weighted by Crippen LogP contribution is 2.14. The van der Waals surface area contributed by atoms with Crippen molar-refractivity contribution in [3.05, 3.63) is 0 Å². The van der Waals surface area contributed by atoms with E-state index in [1.807, 2.05) is 0 Å². The van der Waals surface area contributed by atoms with Crippen LogP contribution in [-0.2, 0) is 0 Å². The van der Waals surface area contributed by atoms with E-state index in [9.17, 15) is 0 Å². The van der Waals surface area contributed by atoms with Gasteiger partial charge in [-0.1, -0.05) is 13.8 Å². The quantitative estimate of drug-likeness (QED) is 0.546. The Morgan fingerprint density at radius 3 is 2.78 bits per heavy atom. The van der Waals surface area contributed by atoms with Gasteiger partial charge in [-0.2, -0.15) is 0 Å². The van der Waals surface area contributed by atoms with E-state index in [0.717, 1.165) is 5.92 Å². The van der Waals surface area contributed by atoms with Gasteiger partial charge >= 0.3 is 0 Å². The topological polar surface area (TPSA) is 3.24 Å². The molecule has 54 valence electrons. The molecule has 1 heteroatoms. The van der Waals surface area contributed by atoms with Gasteiger partial charge < -0.3 is 4.90 Å². The van der Waals surface area contributed by atoms with Crippen molar-refractivity contribution in [2.45, 2.75) is 26.7 Å². The molecular weight excluding hydrogens is 110 g/mol. The minimum atomic E-state index is 0.955. The number of rotatable bonds is 2. The zero-order chi connectivity index (χ0) is 6.69. The van der Waals surface area contributed by atoms with Crippen LogP contribution in [0.2, 0.25) is 0 Å². The Hall–Kier alpha value is -0.0400. The second-order valence-corrected chi connectivity index (χ2v) is 3.19. The lowest BCUT2D eigenvalue weighted by atomic mass is 10.2. The Bertz CT molecular complexity index is 78.6. The summed E-state index contributed by atoms with van der Waals surface area (Å²) in [6, 6.07) is 0. The molecule has 0 bridgehead atoms. The zero-order valence-electron chi connectivity index (χ0n) is 6.56. The third-order valence-corrected chi connectivity index (χ3v) is 2.05. The van der Waals surface area contributed by atoms with Crippen molar-refractivity contribution in [2.24, 2.45) is 5.92 Å². The number of nitrogens with zero attached hydrogens (tertiary/aromatic N) is 1. The summed E-state index contributed by atoms with van der Waals surface area (Å²) in [7, 11) is 0. The molecule has 1 fully saturated rings. The van der Waals surface area contributed by atoms with Gasteiger partial charge in [-0.25, -0.2) is 0 Å². The summed E-state index contributed by atoms with van der Waals surface area (Å²) in [5.74, 6) is 0.955. The van der Waals surface area contributed by atoms with Crippen LogP contribution in [0, 0.1) is 5.92 Å². The maximum absolute atomic E-state index is 2.56. The predicted octanol–water partition coefficient (Wildman–Crippen LogP) is 1.74. The van der Waals surface area contributed by atoms with Crippen LogP contribution in [0.5, 0.6) is 0 Å². The molecule has 0 aromatic heterocycles. The summed E-state index contributed by atoms with van der Waals surface area (Å²) in [6.45, 7) is 8.59. The summed E-state index contributed by atoms with van der Waals surface area (Å²) in [5, 5.41) is 0. The minimum Gasteiger partial charge on any atom is -0.303 e. The normalized spacial score (nSPS) is 29.3. The van der Waals surface area contributed by atoms with Crippen molar-refractivity contribution in [1.82, 2.24) is 4.90 Å². The molecule has 0 saturated carbocycles. The summed E-state index contributed by atoms with van der Waals surface area (Å²) in [5.41, 5.74) is 0. The van der Waals surface area contributed by atoms with Gasteiger partial charge in [0.1, 0.15) is 0 Å². The number of likely N-dealkylation sites (tertiary alicyclic amines) is 1. The average molecular weight is 127 g/mol. The molecule has 1 unspecified atom stereocenters. The third kappa shape index (κ3) is 1.98. The van der Waals surface area contributed by atoms with E-state index in [4.69, 9.17) is 0 Å². The highest BCUT2D eigenvalue weighted by molar-refractivity contribution is 4.70. The van der Waals surface area contributed by atoms with Crippen LogP contribution < -0.4 is 0 Å². The van der Waals surface area contributed by atoms with Gasteiger partial charge in [0.05, 0.1) is 0 Å². The van der Waals surface area contributed by atoms with Gasteiger partial charge in [0.2, 0.25) is 0 Å². The van der Waals surface area contributed by atoms with Crippen molar-refractivity contribution < 1.29 is 0 Å². The molecular formula is C8H17N. The van der Waals surface area contributed by atoms with E-state index in [1.54, 1.807) is 0 Å². The summed E-state index contributed by atoms with van der Waals surface area (Å²) >= 11 is 0. The fourth-order valence-electron chi connectivity index (χ4n) is 1.55. The van der Waals surface area contributed by atoms with Crippen LogP contribution in [0.15, 0.2) is 0 Å². The van der Waals surface area contributed by atoms with Crippen molar-refractivity contribution >= 4 is 0 Å². The highest BCUT2D eigenvalue weighted by atomic mass is 15.1. The van der Waals surface area contributed by atoms with E-state index < -0.39 is 0 Å². The molecule has 0 radical (unpaired) electrons. The van der Waals surface area contributed by atoms with Crippen LogP contribution in [0.1, 0.15) is 26.7 Å². The van der Waals surface area contributed by atoms with Gasteiger partial charge in [-0.05, 0) is 31.8 Å². The Balaban J connectivity index is 2.14. The van der Waals surface area contributed by atoms with E-state index in [1.165, 1.54) is 32.5 Å². The monoisotopic (exact) mass is 127 g/mol. The van der Waals surface area contributed by atoms with E-state index in [2.05, 4.69) is 18.7 Å². The Kier molecular flexibility index (Phi) is 2.52. The lowest BCUT2D eigenvalue weighted by molar-refractivity contribution is 0.328. The molecule has 0 aliphatic carbocycles. The first kappa shape index (κ1) is 7.07. The average Bonchev–Trinajstić information content (AvgIpc) is 2.17. The first-order valence-corrected chi connectivity index (χ1v) is 4.05. The summed E-state index contributed by atoms with van der Waals surface area (Å²) in [4.78, 5) is 2.56. The number of hydrogen-bond acceptors (Lipinski definition) is 1. The predicted molar refractivity (Wildman–Crippen MR) is 40.5 cm³/mol. The maximum atomic E-state index is 2.56. The Morgan fingerprint density at radius 2 is 2.33 bits per heavy atom. The van der Waals surface area contributed by atoms with Crippen molar-refractivity contribution in [3.63, 3.8) is 0 Å². The molecule has 0 aromatic carbocycles. The van der Waals surface area contributed by atoms with Crippen LogP contribution in [0.4, 0.5) is 0 Å². The summed E-state index contributed by atoms with van der Waals surface area (Å²) in [6.07, 6.45) is 2.73. The lowest BCUT2D eigenvalue weighted by Gasteiger charge is -2.12. The molecule has 0 spiro atoms. The van der Waals surface area contributed by atoms with Gasteiger partial charge in [0.25, 0.3) is 0 Å². The van der Waals surface area contributed by atoms with Crippen LogP contribution in [0.3, 0.4) is 0 Å². The van der Waals surface area contributed by atoms with Crippen LogP contribution in [-0.4, -0.2) is 24.5 Å². The minimum absolute atomic E-state index is 0.955. The fraction of sp³-hybridized carbons (Fsp3) is 1.00. The third-order valence-electron chi connectivity index (χ3n) is 2.05. The molecule has 1 saturated heterocycles. The van der Waals surface area contributed by atoms with Gasteiger partial charge in [-0.15, -0.1) is 0 Å². The number of hydrogen-bond donors (Lipinski definition) is 0. The molecule has 1 aliphatic heterocycles. The Morgan fingerprint density at radius 1 is 1.56 bits per heavy atom. The lowest BCUT2D eigenvalue weighted by Crippen LogP contribution is -2.20. The molecule has 1 rings (SSSR count). The first-order chi connectivity index (χ1) is 4.33. The van der Waals surface area contributed by atoms with E-state index >= 15 is 0 Å². The molecule has 1 nitrogen and oxygen atoms in total. The fourth-order valence-corrected chi connectivity index (χ4v) is 1.55. The Labute approximate surface area is 58.0 Å². The maximum Gasteiger partial charge on any atom is 0.000749 e. The molecule has 0 N–H and O–H groups in total. The molecule has 1 heterocycles. The largest absolute Gasteiger partial charge is 0.303 e. The SMILES string of the molecule is CCCN1CCC(C)C1. The van der Waals surface area contributed by atoms with E-state index in [0.29, 0.717) is 0 Å².